The minimum absolute atomic E-state index is 0.781. The minimum Gasteiger partial charge on any atom is -0.338 e. The van der Waals surface area contributed by atoms with E-state index < -0.39 is 0 Å². The predicted octanol–water partition coefficient (Wildman–Crippen LogP) is 1.28. The average Bonchev–Trinajstić information content (AvgIpc) is 2.74. The fourth-order valence-corrected chi connectivity index (χ4v) is 2.50. The molecule has 2 aromatic heterocycles. The molecule has 0 atom stereocenters. The van der Waals surface area contributed by atoms with E-state index in [1.54, 1.807) is 0 Å². The first-order chi connectivity index (χ1) is 9.74. The predicted molar refractivity (Wildman–Crippen MR) is 78.8 cm³/mol. The van der Waals surface area contributed by atoms with E-state index in [4.69, 9.17) is 0 Å². The summed E-state index contributed by atoms with van der Waals surface area (Å²) in [7, 11) is 0. The molecule has 0 saturated carbocycles. The van der Waals surface area contributed by atoms with Crippen molar-refractivity contribution >= 4 is 5.95 Å². The number of aromatic amines is 1. The molecule has 0 amide bonds. The van der Waals surface area contributed by atoms with Gasteiger partial charge < -0.3 is 10.2 Å². The van der Waals surface area contributed by atoms with Crippen LogP contribution in [-0.4, -0.2) is 46.3 Å². The summed E-state index contributed by atoms with van der Waals surface area (Å²) in [6.45, 7) is 7.98. The fraction of sp³-hybridized carbons (Fsp3) is 0.500. The molecule has 0 unspecified atom stereocenters. The zero-order chi connectivity index (χ0) is 13.9. The summed E-state index contributed by atoms with van der Waals surface area (Å²) in [6, 6.07) is 4.05. The summed E-state index contributed by atoms with van der Waals surface area (Å²) in [6.07, 6.45) is 1.12. The van der Waals surface area contributed by atoms with Crippen LogP contribution in [0.2, 0.25) is 0 Å². The molecule has 0 bridgehead atoms. The van der Waals surface area contributed by atoms with E-state index in [0.29, 0.717) is 0 Å². The molecular weight excluding hydrogens is 252 g/mol. The molecule has 0 aliphatic carbocycles. The standard InChI is InChI=1S/C14H20N6/c1-10-4-5-12(11(2)16-10)13-17-14(19-18-13)20-8-3-6-15-7-9-20/h4-5,15H,3,6-9H2,1-2H3,(H,17,18,19). The van der Waals surface area contributed by atoms with Crippen molar-refractivity contribution in [2.24, 2.45) is 0 Å². The topological polar surface area (TPSA) is 69.7 Å². The maximum Gasteiger partial charge on any atom is 0.245 e. The Morgan fingerprint density at radius 1 is 1.10 bits per heavy atom. The van der Waals surface area contributed by atoms with Crippen molar-refractivity contribution in [1.82, 2.24) is 25.5 Å². The van der Waals surface area contributed by atoms with E-state index in [9.17, 15) is 0 Å². The number of anilines is 1. The van der Waals surface area contributed by atoms with Crippen LogP contribution < -0.4 is 10.2 Å². The second-order valence-corrected chi connectivity index (χ2v) is 5.16. The summed E-state index contributed by atoms with van der Waals surface area (Å²) < 4.78 is 0. The number of pyridine rings is 1. The van der Waals surface area contributed by atoms with Gasteiger partial charge in [0.05, 0.1) is 0 Å². The third-order valence-corrected chi connectivity index (χ3v) is 3.58. The Labute approximate surface area is 118 Å². The second kappa shape index (κ2) is 5.58. The summed E-state index contributed by atoms with van der Waals surface area (Å²) >= 11 is 0. The number of nitrogens with one attached hydrogen (secondary N) is 2. The van der Waals surface area contributed by atoms with Crippen LogP contribution in [0.15, 0.2) is 12.1 Å². The van der Waals surface area contributed by atoms with Crippen molar-refractivity contribution in [2.45, 2.75) is 20.3 Å². The number of rotatable bonds is 2. The molecule has 1 saturated heterocycles. The molecule has 3 rings (SSSR count). The maximum absolute atomic E-state index is 4.63. The zero-order valence-electron chi connectivity index (χ0n) is 12.0. The lowest BCUT2D eigenvalue weighted by Gasteiger charge is -2.16. The monoisotopic (exact) mass is 272 g/mol. The molecule has 2 aromatic rings. The Balaban J connectivity index is 1.85. The molecule has 0 spiro atoms. The average molecular weight is 272 g/mol. The van der Waals surface area contributed by atoms with Gasteiger partial charge in [0.15, 0.2) is 5.82 Å². The van der Waals surface area contributed by atoms with E-state index in [1.165, 1.54) is 0 Å². The van der Waals surface area contributed by atoms with Crippen molar-refractivity contribution in [3.05, 3.63) is 23.5 Å². The normalized spacial score (nSPS) is 16.2. The van der Waals surface area contributed by atoms with Crippen molar-refractivity contribution < 1.29 is 0 Å². The van der Waals surface area contributed by atoms with Gasteiger partial charge >= 0.3 is 0 Å². The highest BCUT2D eigenvalue weighted by atomic mass is 15.4. The van der Waals surface area contributed by atoms with E-state index >= 15 is 0 Å². The fourth-order valence-electron chi connectivity index (χ4n) is 2.50. The first-order valence-corrected chi connectivity index (χ1v) is 7.07. The Hall–Kier alpha value is -1.95. The highest BCUT2D eigenvalue weighted by molar-refractivity contribution is 5.59. The zero-order valence-corrected chi connectivity index (χ0v) is 12.0. The van der Waals surface area contributed by atoms with Gasteiger partial charge in [0, 0.05) is 36.6 Å². The molecular formula is C14H20N6. The molecule has 6 nitrogen and oxygen atoms in total. The van der Waals surface area contributed by atoms with E-state index in [0.717, 1.165) is 61.3 Å². The van der Waals surface area contributed by atoms with Crippen LogP contribution in [0.5, 0.6) is 0 Å². The van der Waals surface area contributed by atoms with E-state index in [-0.39, 0.29) is 0 Å². The van der Waals surface area contributed by atoms with Crippen LogP contribution in [-0.2, 0) is 0 Å². The molecule has 6 heteroatoms. The Morgan fingerprint density at radius 3 is 2.85 bits per heavy atom. The van der Waals surface area contributed by atoms with E-state index in [2.05, 4.69) is 30.4 Å². The summed E-state index contributed by atoms with van der Waals surface area (Å²) in [5, 5.41) is 10.8. The Kier molecular flexibility index (Phi) is 3.64. The lowest BCUT2D eigenvalue weighted by atomic mass is 10.2. The van der Waals surface area contributed by atoms with Crippen LogP contribution >= 0.6 is 0 Å². The van der Waals surface area contributed by atoms with Gasteiger partial charge in [-0.15, -0.1) is 5.10 Å². The third-order valence-electron chi connectivity index (χ3n) is 3.58. The Morgan fingerprint density at radius 2 is 2.00 bits per heavy atom. The van der Waals surface area contributed by atoms with Gasteiger partial charge in [0.2, 0.25) is 5.95 Å². The number of H-pyrrole nitrogens is 1. The number of aromatic nitrogens is 4. The van der Waals surface area contributed by atoms with Crippen molar-refractivity contribution in [2.75, 3.05) is 31.1 Å². The molecule has 1 fully saturated rings. The van der Waals surface area contributed by atoms with Crippen LogP contribution in [0.1, 0.15) is 17.8 Å². The number of nitrogens with zero attached hydrogens (tertiary/aromatic N) is 4. The molecule has 1 aliphatic rings. The molecule has 106 valence electrons. The quantitative estimate of drug-likeness (QED) is 0.862. The molecule has 0 radical (unpaired) electrons. The molecule has 0 aromatic carbocycles. The van der Waals surface area contributed by atoms with Crippen molar-refractivity contribution in [1.29, 1.82) is 0 Å². The molecule has 1 aliphatic heterocycles. The van der Waals surface area contributed by atoms with Gasteiger partial charge in [-0.3, -0.25) is 10.1 Å². The van der Waals surface area contributed by atoms with E-state index in [1.807, 2.05) is 26.0 Å². The maximum atomic E-state index is 4.63. The van der Waals surface area contributed by atoms with Gasteiger partial charge in [0.1, 0.15) is 0 Å². The summed E-state index contributed by atoms with van der Waals surface area (Å²) in [5.41, 5.74) is 3.01. The molecule has 3 heterocycles. The van der Waals surface area contributed by atoms with Crippen LogP contribution in [0.3, 0.4) is 0 Å². The van der Waals surface area contributed by atoms with Crippen molar-refractivity contribution in [3.63, 3.8) is 0 Å². The molecule has 20 heavy (non-hydrogen) atoms. The second-order valence-electron chi connectivity index (χ2n) is 5.16. The minimum atomic E-state index is 0.781. The van der Waals surface area contributed by atoms with Crippen molar-refractivity contribution in [3.8, 4) is 11.4 Å². The van der Waals surface area contributed by atoms with Crippen LogP contribution in [0, 0.1) is 13.8 Å². The summed E-state index contributed by atoms with van der Waals surface area (Å²) in [5.74, 6) is 1.57. The highest BCUT2D eigenvalue weighted by Gasteiger charge is 2.15. The van der Waals surface area contributed by atoms with Crippen LogP contribution in [0.4, 0.5) is 5.95 Å². The third kappa shape index (κ3) is 2.65. The van der Waals surface area contributed by atoms with Gasteiger partial charge in [-0.25, -0.2) is 0 Å². The number of hydrogen-bond acceptors (Lipinski definition) is 5. The van der Waals surface area contributed by atoms with Gasteiger partial charge in [-0.1, -0.05) is 0 Å². The van der Waals surface area contributed by atoms with Gasteiger partial charge in [-0.05, 0) is 38.9 Å². The smallest absolute Gasteiger partial charge is 0.245 e. The first kappa shape index (κ1) is 13.1. The highest BCUT2D eigenvalue weighted by Crippen LogP contribution is 2.20. The van der Waals surface area contributed by atoms with Crippen LogP contribution in [0.25, 0.3) is 11.4 Å². The number of hydrogen-bond donors (Lipinski definition) is 2. The summed E-state index contributed by atoms with van der Waals surface area (Å²) in [4.78, 5) is 11.3. The lowest BCUT2D eigenvalue weighted by Crippen LogP contribution is -2.28. The lowest BCUT2D eigenvalue weighted by molar-refractivity contribution is 0.724. The van der Waals surface area contributed by atoms with Gasteiger partial charge in [-0.2, -0.15) is 4.98 Å². The van der Waals surface area contributed by atoms with Gasteiger partial charge in [0.25, 0.3) is 0 Å². The number of aryl methyl sites for hydroxylation is 2. The SMILES string of the molecule is Cc1ccc(-c2nc(N3CCCNCC3)n[nH]2)c(C)n1. The first-order valence-electron chi connectivity index (χ1n) is 7.07. The molecule has 2 N–H and O–H groups in total. The largest absolute Gasteiger partial charge is 0.338 e. The Bertz CT molecular complexity index is 583.